The Bertz CT molecular complexity index is 1270. The number of benzene rings is 1. The van der Waals surface area contributed by atoms with Crippen LogP contribution in [0.1, 0.15) is 22.5 Å². The van der Waals surface area contributed by atoms with Crippen LogP contribution >= 0.6 is 11.3 Å². The number of hydrogen-bond acceptors (Lipinski definition) is 9. The van der Waals surface area contributed by atoms with E-state index in [-0.39, 0.29) is 21.9 Å². The molecule has 0 fully saturated rings. The van der Waals surface area contributed by atoms with Gasteiger partial charge in [-0.3, -0.25) is 19.5 Å². The molecule has 3 aromatic rings. The van der Waals surface area contributed by atoms with Gasteiger partial charge in [-0.1, -0.05) is 12.1 Å². The lowest BCUT2D eigenvalue weighted by molar-refractivity contribution is -0.139. The Morgan fingerprint density at radius 1 is 1.17 bits per heavy atom. The molecule has 0 radical (unpaired) electrons. The van der Waals surface area contributed by atoms with Crippen LogP contribution in [0.2, 0.25) is 0 Å². The first-order chi connectivity index (χ1) is 16.6. The van der Waals surface area contributed by atoms with Crippen LogP contribution in [-0.2, 0) is 21.9 Å². The zero-order valence-corrected chi connectivity index (χ0v) is 20.5. The van der Waals surface area contributed by atoms with E-state index in [0.29, 0.717) is 13.0 Å². The summed E-state index contributed by atoms with van der Waals surface area (Å²) in [6.45, 7) is 0.376. The zero-order chi connectivity index (χ0) is 25.6. The molecule has 1 aromatic carbocycles. The number of hydrogen-bond donors (Lipinski definition) is 6. The van der Waals surface area contributed by atoms with Crippen molar-refractivity contribution in [1.82, 2.24) is 20.4 Å². The molecule has 3 rings (SSSR count). The summed E-state index contributed by atoms with van der Waals surface area (Å²) in [7, 11) is -2.21. The monoisotopic (exact) mass is 521 g/mol. The van der Waals surface area contributed by atoms with E-state index in [1.807, 2.05) is 6.20 Å². The Hall–Kier alpha value is -3.30. The second-order valence-corrected chi connectivity index (χ2v) is 10.3. The number of carboxylic acid groups (broad SMARTS) is 1. The van der Waals surface area contributed by atoms with E-state index >= 15 is 0 Å². The fourth-order valence-corrected chi connectivity index (χ4v) is 5.11. The van der Waals surface area contributed by atoms with Crippen LogP contribution in [0.3, 0.4) is 0 Å². The summed E-state index contributed by atoms with van der Waals surface area (Å²) in [5, 5.41) is 20.3. The Kier molecular flexibility index (Phi) is 8.58. The highest BCUT2D eigenvalue weighted by atomic mass is 32.2. The maximum Gasteiger partial charge on any atom is 0.326 e. The smallest absolute Gasteiger partial charge is 0.326 e. The van der Waals surface area contributed by atoms with Gasteiger partial charge in [-0.25, -0.2) is 13.2 Å². The van der Waals surface area contributed by atoms with Crippen molar-refractivity contribution < 1.29 is 23.1 Å². The maximum absolute atomic E-state index is 12.9. The van der Waals surface area contributed by atoms with E-state index in [0.717, 1.165) is 22.5 Å². The Morgan fingerprint density at radius 2 is 1.89 bits per heavy atom. The van der Waals surface area contributed by atoms with Gasteiger partial charge in [-0.2, -0.15) is 5.10 Å². The number of anilines is 1. The average Bonchev–Trinajstić information content (AvgIpc) is 3.44. The van der Waals surface area contributed by atoms with Gasteiger partial charge in [0.25, 0.3) is 15.9 Å². The number of carbonyl (C=O) groups is 2. The second kappa shape index (κ2) is 11.4. The van der Waals surface area contributed by atoms with Crippen molar-refractivity contribution in [3.63, 3.8) is 0 Å². The highest BCUT2D eigenvalue weighted by molar-refractivity contribution is 7.92. The Balaban J connectivity index is 1.68. The molecule has 1 amide bonds. The predicted molar refractivity (Wildman–Crippen MR) is 132 cm³/mol. The first-order valence-electron chi connectivity index (χ1n) is 10.5. The molecule has 188 valence electrons. The van der Waals surface area contributed by atoms with E-state index in [1.54, 1.807) is 35.4 Å². The summed E-state index contributed by atoms with van der Waals surface area (Å²) in [6.07, 6.45) is 3.30. The van der Waals surface area contributed by atoms with Crippen LogP contribution < -0.4 is 26.8 Å². The van der Waals surface area contributed by atoms with Crippen LogP contribution in [0.4, 0.5) is 5.69 Å². The van der Waals surface area contributed by atoms with Crippen molar-refractivity contribution in [3.8, 4) is 11.1 Å². The van der Waals surface area contributed by atoms with Gasteiger partial charge in [0, 0.05) is 18.8 Å². The van der Waals surface area contributed by atoms with Gasteiger partial charge in [0.2, 0.25) is 0 Å². The summed E-state index contributed by atoms with van der Waals surface area (Å²) < 4.78 is 29.9. The number of nitrogens with two attached hydrogens (primary N) is 2. The van der Waals surface area contributed by atoms with Crippen molar-refractivity contribution >= 4 is 38.9 Å². The molecular formula is C21H27N7O5S2. The van der Waals surface area contributed by atoms with E-state index in [9.17, 15) is 23.1 Å². The minimum Gasteiger partial charge on any atom is -0.480 e. The number of rotatable bonds is 12. The fraction of sp³-hybridized carbons (Fsp3) is 0.286. The SMILES string of the molecule is Cn1cc(-c2ccc(S(=O)(=O)Nc3ccsc3C(=O)N[C@@H](CCCNC(N)N)C(=O)O)cc2)cn1. The number of nitrogens with one attached hydrogen (secondary N) is 3. The lowest BCUT2D eigenvalue weighted by atomic mass is 10.1. The Labute approximate surface area is 206 Å². The molecule has 0 aliphatic heterocycles. The molecule has 8 N–H and O–H groups in total. The van der Waals surface area contributed by atoms with Crippen molar-refractivity contribution in [2.24, 2.45) is 18.5 Å². The van der Waals surface area contributed by atoms with Crippen molar-refractivity contribution in [2.75, 3.05) is 11.3 Å². The maximum atomic E-state index is 12.9. The van der Waals surface area contributed by atoms with E-state index < -0.39 is 34.2 Å². The summed E-state index contributed by atoms with van der Waals surface area (Å²) in [4.78, 5) is 24.4. The largest absolute Gasteiger partial charge is 0.480 e. The number of carbonyl (C=O) groups excluding carboxylic acids is 1. The summed E-state index contributed by atoms with van der Waals surface area (Å²) >= 11 is 0.995. The van der Waals surface area contributed by atoms with Crippen molar-refractivity contribution in [2.45, 2.75) is 30.1 Å². The average molecular weight is 522 g/mol. The van der Waals surface area contributed by atoms with Gasteiger partial charge in [0.15, 0.2) is 0 Å². The molecule has 0 unspecified atom stereocenters. The summed E-state index contributed by atoms with van der Waals surface area (Å²) in [5.74, 6) is -1.90. The molecular weight excluding hydrogens is 494 g/mol. The van der Waals surface area contributed by atoms with Gasteiger partial charge in [0.1, 0.15) is 17.2 Å². The van der Waals surface area contributed by atoms with Crippen LogP contribution in [0, 0.1) is 0 Å². The number of aryl methyl sites for hydroxylation is 1. The lowest BCUT2D eigenvalue weighted by Gasteiger charge is -2.16. The fourth-order valence-electron chi connectivity index (χ4n) is 3.22. The third kappa shape index (κ3) is 7.10. The molecule has 1 atom stereocenters. The Morgan fingerprint density at radius 3 is 2.49 bits per heavy atom. The predicted octanol–water partition coefficient (Wildman–Crippen LogP) is 0.703. The molecule has 12 nitrogen and oxygen atoms in total. The minimum absolute atomic E-state index is 0.0109. The molecule has 0 saturated heterocycles. The van der Waals surface area contributed by atoms with Crippen LogP contribution in [0.5, 0.6) is 0 Å². The number of thiophene rings is 1. The number of nitrogens with zero attached hydrogens (tertiary/aromatic N) is 2. The lowest BCUT2D eigenvalue weighted by Crippen LogP contribution is -2.46. The van der Waals surface area contributed by atoms with Crippen LogP contribution in [0.15, 0.2) is 53.0 Å². The van der Waals surface area contributed by atoms with Crippen LogP contribution in [-0.4, -0.2) is 54.1 Å². The number of aromatic nitrogens is 2. The molecule has 0 spiro atoms. The highest BCUT2D eigenvalue weighted by Gasteiger charge is 2.24. The summed E-state index contributed by atoms with van der Waals surface area (Å²) in [6, 6.07) is 6.53. The molecule has 2 aromatic heterocycles. The topological polar surface area (TPSA) is 194 Å². The summed E-state index contributed by atoms with van der Waals surface area (Å²) in [5.41, 5.74) is 12.5. The van der Waals surface area contributed by atoms with E-state index in [1.165, 1.54) is 18.2 Å². The molecule has 0 aliphatic rings. The highest BCUT2D eigenvalue weighted by Crippen LogP contribution is 2.27. The first kappa shape index (κ1) is 26.3. The molecule has 14 heteroatoms. The molecule has 0 saturated carbocycles. The van der Waals surface area contributed by atoms with Gasteiger partial charge in [0.05, 0.1) is 16.8 Å². The van der Waals surface area contributed by atoms with Crippen molar-refractivity contribution in [1.29, 1.82) is 0 Å². The van der Waals surface area contributed by atoms with Gasteiger partial charge in [-0.05, 0) is 48.5 Å². The third-order valence-corrected chi connectivity index (χ3v) is 7.27. The minimum atomic E-state index is -4.00. The molecule has 0 aliphatic carbocycles. The standard InChI is InChI=1S/C21H27N7O5S2/c1-28-12-14(11-25-28)13-4-6-15(7-5-13)35(32,33)27-16-8-10-34-18(16)19(29)26-17(20(30)31)3-2-9-24-21(22)23/h4-8,10-12,17,21,24,27H,2-3,9,22-23H2,1H3,(H,26,29)(H,30,31)/t17-/m0/s1. The quantitative estimate of drug-likeness (QED) is 0.147. The number of aliphatic carboxylic acids is 1. The van der Waals surface area contributed by atoms with E-state index in [2.05, 4.69) is 20.5 Å². The number of carboxylic acids is 1. The first-order valence-corrected chi connectivity index (χ1v) is 12.9. The molecule has 2 heterocycles. The van der Waals surface area contributed by atoms with Crippen LogP contribution in [0.25, 0.3) is 11.1 Å². The zero-order valence-electron chi connectivity index (χ0n) is 18.8. The van der Waals surface area contributed by atoms with Crippen molar-refractivity contribution in [3.05, 3.63) is 53.0 Å². The third-order valence-electron chi connectivity index (χ3n) is 4.97. The van der Waals surface area contributed by atoms with E-state index in [4.69, 9.17) is 11.5 Å². The number of sulfonamides is 1. The van der Waals surface area contributed by atoms with Gasteiger partial charge < -0.3 is 21.9 Å². The second-order valence-electron chi connectivity index (χ2n) is 7.68. The number of amides is 1. The molecule has 35 heavy (non-hydrogen) atoms. The van der Waals surface area contributed by atoms with Gasteiger partial charge in [-0.15, -0.1) is 11.3 Å². The normalized spacial score (nSPS) is 12.5. The molecule has 0 bridgehead atoms. The van der Waals surface area contributed by atoms with Gasteiger partial charge >= 0.3 is 5.97 Å².